The molecule has 0 bridgehead atoms. The van der Waals surface area contributed by atoms with Crippen LogP contribution in [0, 0.1) is 11.6 Å². The molecule has 1 aromatic carbocycles. The molecule has 0 fully saturated rings. The molecule has 0 spiro atoms. The molecule has 0 aliphatic rings. The molecule has 104 valence electrons. The number of rotatable bonds is 5. The number of amides is 1. The topological polar surface area (TPSA) is 66.4 Å². The highest BCUT2D eigenvalue weighted by Gasteiger charge is 2.28. The van der Waals surface area contributed by atoms with Crippen LogP contribution >= 0.6 is 11.8 Å². The molecule has 1 aromatic rings. The largest absolute Gasteiger partial charge is 0.480 e. The number of carboxylic acids is 1. The smallest absolute Gasteiger partial charge is 0.319 e. The molecular weight excluding hydrogens is 276 g/mol. The molecule has 0 aliphatic heterocycles. The Labute approximate surface area is 113 Å². The van der Waals surface area contributed by atoms with Crippen LogP contribution in [0.15, 0.2) is 18.2 Å². The molecular formula is C12H13F2NO3S. The Morgan fingerprint density at radius 2 is 1.95 bits per heavy atom. The third kappa shape index (κ3) is 4.51. The minimum atomic E-state index is -1.09. The van der Waals surface area contributed by atoms with Gasteiger partial charge in [-0.25, -0.2) is 8.78 Å². The maximum atomic E-state index is 12.9. The minimum Gasteiger partial charge on any atom is -0.480 e. The Hall–Kier alpha value is -1.63. The Bertz CT molecular complexity index is 506. The second kappa shape index (κ2) is 6.01. The van der Waals surface area contributed by atoms with Crippen molar-refractivity contribution in [3.63, 3.8) is 0 Å². The van der Waals surface area contributed by atoms with Gasteiger partial charge in [-0.05, 0) is 26.0 Å². The van der Waals surface area contributed by atoms with Crippen molar-refractivity contribution >= 4 is 29.3 Å². The van der Waals surface area contributed by atoms with Crippen LogP contribution in [-0.2, 0) is 9.59 Å². The van der Waals surface area contributed by atoms with E-state index in [1.165, 1.54) is 19.9 Å². The third-order valence-electron chi connectivity index (χ3n) is 2.28. The number of halogens is 2. The number of carbonyl (C=O) groups excluding carboxylic acids is 1. The van der Waals surface area contributed by atoms with Gasteiger partial charge in [0, 0.05) is 11.8 Å². The number of nitrogens with one attached hydrogen (secondary N) is 1. The van der Waals surface area contributed by atoms with Crippen molar-refractivity contribution in [2.45, 2.75) is 18.6 Å². The third-order valence-corrected chi connectivity index (χ3v) is 3.59. The summed E-state index contributed by atoms with van der Waals surface area (Å²) < 4.78 is 24.5. The zero-order chi connectivity index (χ0) is 14.6. The summed E-state index contributed by atoms with van der Waals surface area (Å²) in [5.74, 6) is -3.67. The quantitative estimate of drug-likeness (QED) is 0.874. The predicted molar refractivity (Wildman–Crippen MR) is 69.2 cm³/mol. The summed E-state index contributed by atoms with van der Waals surface area (Å²) in [4.78, 5) is 22.4. The monoisotopic (exact) mass is 289 g/mol. The zero-order valence-corrected chi connectivity index (χ0v) is 11.2. The van der Waals surface area contributed by atoms with E-state index in [1.54, 1.807) is 0 Å². The number of carbonyl (C=O) groups is 2. The van der Waals surface area contributed by atoms with E-state index in [1.807, 2.05) is 0 Å². The Balaban J connectivity index is 2.56. The van der Waals surface area contributed by atoms with E-state index >= 15 is 0 Å². The molecule has 0 saturated heterocycles. The molecule has 19 heavy (non-hydrogen) atoms. The Morgan fingerprint density at radius 1 is 1.32 bits per heavy atom. The molecule has 0 aromatic heterocycles. The highest BCUT2D eigenvalue weighted by molar-refractivity contribution is 8.02. The average Bonchev–Trinajstić information content (AvgIpc) is 2.31. The normalized spacial score (nSPS) is 11.2. The lowest BCUT2D eigenvalue weighted by molar-refractivity contribution is -0.138. The number of hydrogen-bond acceptors (Lipinski definition) is 3. The van der Waals surface area contributed by atoms with Gasteiger partial charge in [-0.2, -0.15) is 0 Å². The molecule has 7 heteroatoms. The molecule has 0 heterocycles. The Morgan fingerprint density at radius 3 is 2.47 bits per heavy atom. The van der Waals surface area contributed by atoms with Gasteiger partial charge in [0.2, 0.25) is 5.91 Å². The van der Waals surface area contributed by atoms with E-state index in [0.29, 0.717) is 0 Å². The van der Waals surface area contributed by atoms with E-state index < -0.39 is 28.3 Å². The van der Waals surface area contributed by atoms with Crippen LogP contribution in [0.25, 0.3) is 0 Å². The first-order valence-corrected chi connectivity index (χ1v) is 6.33. The minimum absolute atomic E-state index is 0.0989. The lowest BCUT2D eigenvalue weighted by Crippen LogP contribution is -2.29. The first kappa shape index (κ1) is 15.4. The summed E-state index contributed by atoms with van der Waals surface area (Å²) in [6.07, 6.45) is 0. The number of benzene rings is 1. The number of anilines is 1. The zero-order valence-electron chi connectivity index (χ0n) is 10.4. The molecule has 2 N–H and O–H groups in total. The fourth-order valence-electron chi connectivity index (χ4n) is 1.08. The number of hydrogen-bond donors (Lipinski definition) is 2. The second-order valence-corrected chi connectivity index (χ2v) is 5.88. The fourth-order valence-corrected chi connectivity index (χ4v) is 1.77. The van der Waals surface area contributed by atoms with Crippen molar-refractivity contribution < 1.29 is 23.5 Å². The van der Waals surface area contributed by atoms with Gasteiger partial charge < -0.3 is 10.4 Å². The lowest BCUT2D eigenvalue weighted by atomic mass is 10.2. The second-order valence-electron chi connectivity index (χ2n) is 4.28. The predicted octanol–water partition coefficient (Wildman–Crippen LogP) is 2.50. The average molecular weight is 289 g/mol. The Kier molecular flexibility index (Phi) is 4.88. The number of aliphatic carboxylic acids is 1. The van der Waals surface area contributed by atoms with Crippen LogP contribution in [-0.4, -0.2) is 27.5 Å². The molecule has 0 aliphatic carbocycles. The standard InChI is InChI=1S/C12H13F2NO3S/c1-12(2,11(17)18)19-6-10(16)15-7-3-4-8(13)9(14)5-7/h3-5H,6H2,1-2H3,(H,15,16)(H,17,18). The summed E-state index contributed by atoms with van der Waals surface area (Å²) in [6, 6.07) is 2.99. The fraction of sp³-hybridized carbons (Fsp3) is 0.333. The molecule has 0 unspecified atom stereocenters. The molecule has 4 nitrogen and oxygen atoms in total. The van der Waals surface area contributed by atoms with E-state index in [0.717, 1.165) is 23.9 Å². The SMILES string of the molecule is CC(C)(SCC(=O)Nc1ccc(F)c(F)c1)C(=O)O. The number of carboxylic acid groups (broad SMARTS) is 1. The van der Waals surface area contributed by atoms with Gasteiger partial charge in [0.15, 0.2) is 11.6 Å². The first-order valence-electron chi connectivity index (χ1n) is 5.34. The van der Waals surface area contributed by atoms with Crippen molar-refractivity contribution in [2.75, 3.05) is 11.1 Å². The van der Waals surface area contributed by atoms with Crippen molar-refractivity contribution in [3.05, 3.63) is 29.8 Å². The van der Waals surface area contributed by atoms with Gasteiger partial charge in [-0.3, -0.25) is 9.59 Å². The van der Waals surface area contributed by atoms with Crippen molar-refractivity contribution in [3.8, 4) is 0 Å². The van der Waals surface area contributed by atoms with Gasteiger partial charge in [-0.1, -0.05) is 0 Å². The lowest BCUT2D eigenvalue weighted by Gasteiger charge is -2.17. The summed E-state index contributed by atoms with van der Waals surface area (Å²) in [5, 5.41) is 11.2. The van der Waals surface area contributed by atoms with Crippen LogP contribution in [0.3, 0.4) is 0 Å². The van der Waals surface area contributed by atoms with Crippen LogP contribution in [0.2, 0.25) is 0 Å². The van der Waals surface area contributed by atoms with E-state index in [4.69, 9.17) is 5.11 Å². The van der Waals surface area contributed by atoms with Crippen LogP contribution < -0.4 is 5.32 Å². The molecule has 0 radical (unpaired) electrons. The maximum absolute atomic E-state index is 12.9. The van der Waals surface area contributed by atoms with Gasteiger partial charge >= 0.3 is 5.97 Å². The summed E-state index contributed by atoms with van der Waals surface area (Å²) in [6.45, 7) is 2.95. The van der Waals surface area contributed by atoms with E-state index in [-0.39, 0.29) is 11.4 Å². The molecule has 0 saturated carbocycles. The van der Waals surface area contributed by atoms with Crippen molar-refractivity contribution in [1.29, 1.82) is 0 Å². The van der Waals surface area contributed by atoms with Gasteiger partial charge in [0.05, 0.1) is 5.75 Å². The molecule has 1 rings (SSSR count). The first-order chi connectivity index (χ1) is 8.72. The maximum Gasteiger partial charge on any atom is 0.319 e. The van der Waals surface area contributed by atoms with Gasteiger partial charge in [0.25, 0.3) is 0 Å². The highest BCUT2D eigenvalue weighted by atomic mass is 32.2. The molecule has 0 atom stereocenters. The van der Waals surface area contributed by atoms with E-state index in [9.17, 15) is 18.4 Å². The van der Waals surface area contributed by atoms with Gasteiger partial charge in [-0.15, -0.1) is 11.8 Å². The van der Waals surface area contributed by atoms with Crippen LogP contribution in [0.4, 0.5) is 14.5 Å². The highest BCUT2D eigenvalue weighted by Crippen LogP contribution is 2.24. The summed E-state index contributed by atoms with van der Waals surface area (Å²) in [7, 11) is 0. The summed E-state index contributed by atoms with van der Waals surface area (Å²) >= 11 is 0.942. The van der Waals surface area contributed by atoms with Crippen LogP contribution in [0.1, 0.15) is 13.8 Å². The van der Waals surface area contributed by atoms with Crippen LogP contribution in [0.5, 0.6) is 0 Å². The van der Waals surface area contributed by atoms with Crippen molar-refractivity contribution in [1.82, 2.24) is 0 Å². The van der Waals surface area contributed by atoms with Crippen molar-refractivity contribution in [2.24, 2.45) is 0 Å². The van der Waals surface area contributed by atoms with Gasteiger partial charge in [0.1, 0.15) is 4.75 Å². The summed E-state index contributed by atoms with van der Waals surface area (Å²) in [5.41, 5.74) is 0.123. The van der Waals surface area contributed by atoms with E-state index in [2.05, 4.69) is 5.32 Å². The molecule has 1 amide bonds. The number of thioether (sulfide) groups is 1.